The highest BCUT2D eigenvalue weighted by atomic mass is 32.2. The van der Waals surface area contributed by atoms with E-state index in [1.54, 1.807) is 44.2 Å². The average molecular weight is 403 g/mol. The third kappa shape index (κ3) is 5.26. The minimum atomic E-state index is -1.32. The first-order valence-electron chi connectivity index (χ1n) is 8.50. The van der Waals surface area contributed by atoms with Crippen LogP contribution in [0.25, 0.3) is 0 Å². The van der Waals surface area contributed by atoms with Crippen LogP contribution in [-0.4, -0.2) is 41.5 Å². The molecular weight excluding hydrogens is 382 g/mol. The first-order valence-corrected chi connectivity index (χ1v) is 9.82. The number of aryl methyl sites for hydroxylation is 1. The molecule has 1 N–H and O–H groups in total. The summed E-state index contributed by atoms with van der Waals surface area (Å²) in [5.74, 6) is -1.46. The summed E-state index contributed by atoms with van der Waals surface area (Å²) < 4.78 is 21.8. The Morgan fingerprint density at radius 3 is 2.46 bits per heavy atom. The third-order valence-corrected chi connectivity index (χ3v) is 5.25. The molecule has 0 fully saturated rings. The molecule has 0 aliphatic heterocycles. The molecule has 2 aromatic carbocycles. The normalized spacial score (nSPS) is 11.4. The molecule has 1 atom stereocenters. The summed E-state index contributed by atoms with van der Waals surface area (Å²) in [6.07, 6.45) is 0. The molecule has 0 heterocycles. The highest BCUT2D eigenvalue weighted by Gasteiger charge is 2.17. The standard InChI is InChI=1S/C20H21NO6S/c1-4-28(25)17-8-6-5-7-15(17)20(24)27-12-18(22)21-16-11-14(19(23)26-3)10-9-13(16)2/h5-11H,4,12H2,1-3H3,(H,21,22)/t28-/m0/s1. The number of esters is 2. The number of rotatable bonds is 7. The van der Waals surface area contributed by atoms with Crippen molar-refractivity contribution in [1.29, 1.82) is 0 Å². The Morgan fingerprint density at radius 2 is 1.79 bits per heavy atom. The smallest absolute Gasteiger partial charge is 0.339 e. The summed E-state index contributed by atoms with van der Waals surface area (Å²) in [4.78, 5) is 36.4. The minimum Gasteiger partial charge on any atom is -0.465 e. The third-order valence-electron chi connectivity index (χ3n) is 3.88. The van der Waals surface area contributed by atoms with Crippen LogP contribution in [-0.2, 0) is 25.1 Å². The molecule has 0 spiro atoms. The van der Waals surface area contributed by atoms with Crippen molar-refractivity contribution in [2.24, 2.45) is 0 Å². The Morgan fingerprint density at radius 1 is 1.07 bits per heavy atom. The van der Waals surface area contributed by atoms with Gasteiger partial charge >= 0.3 is 11.9 Å². The Bertz CT molecular complexity index is 925. The summed E-state index contributed by atoms with van der Waals surface area (Å²) in [6.45, 7) is 2.99. The number of methoxy groups -OCH3 is 1. The zero-order chi connectivity index (χ0) is 20.7. The highest BCUT2D eigenvalue weighted by molar-refractivity contribution is 7.85. The van der Waals surface area contributed by atoms with E-state index in [0.29, 0.717) is 16.3 Å². The molecule has 0 saturated carbocycles. The maximum Gasteiger partial charge on any atom is 0.339 e. The van der Waals surface area contributed by atoms with E-state index >= 15 is 0 Å². The molecule has 148 valence electrons. The fourth-order valence-electron chi connectivity index (χ4n) is 2.39. The fraction of sp³-hybridized carbons (Fsp3) is 0.250. The highest BCUT2D eigenvalue weighted by Crippen LogP contribution is 2.18. The number of hydrogen-bond acceptors (Lipinski definition) is 6. The summed E-state index contributed by atoms with van der Waals surface area (Å²) >= 11 is 0. The zero-order valence-corrected chi connectivity index (χ0v) is 16.6. The lowest BCUT2D eigenvalue weighted by molar-refractivity contribution is -0.119. The molecule has 0 aliphatic carbocycles. The van der Waals surface area contributed by atoms with Gasteiger partial charge in [-0.25, -0.2) is 9.59 Å². The number of anilines is 1. The van der Waals surface area contributed by atoms with Crippen LogP contribution in [0, 0.1) is 6.92 Å². The van der Waals surface area contributed by atoms with E-state index in [2.05, 4.69) is 10.1 Å². The van der Waals surface area contributed by atoms with Crippen LogP contribution in [0.1, 0.15) is 33.2 Å². The van der Waals surface area contributed by atoms with Gasteiger partial charge in [-0.2, -0.15) is 0 Å². The molecule has 8 heteroatoms. The second-order valence-corrected chi connectivity index (χ2v) is 7.48. The number of nitrogens with one attached hydrogen (secondary N) is 1. The molecule has 7 nitrogen and oxygen atoms in total. The topological polar surface area (TPSA) is 98.8 Å². The van der Waals surface area contributed by atoms with Crippen LogP contribution in [0.3, 0.4) is 0 Å². The van der Waals surface area contributed by atoms with Gasteiger partial charge in [0.1, 0.15) is 0 Å². The molecule has 0 bridgehead atoms. The number of amides is 1. The van der Waals surface area contributed by atoms with Crippen molar-refractivity contribution in [2.75, 3.05) is 24.8 Å². The lowest BCUT2D eigenvalue weighted by atomic mass is 10.1. The molecule has 0 saturated heterocycles. The van der Waals surface area contributed by atoms with Gasteiger partial charge in [-0.15, -0.1) is 0 Å². The monoisotopic (exact) mass is 403 g/mol. The Labute approximate surface area is 165 Å². The molecule has 2 aromatic rings. The summed E-state index contributed by atoms with van der Waals surface area (Å²) in [5, 5.41) is 2.60. The van der Waals surface area contributed by atoms with Crippen molar-refractivity contribution in [3.05, 3.63) is 59.2 Å². The van der Waals surface area contributed by atoms with Crippen molar-refractivity contribution < 1.29 is 28.1 Å². The van der Waals surface area contributed by atoms with Crippen LogP contribution in [0.15, 0.2) is 47.4 Å². The van der Waals surface area contributed by atoms with Gasteiger partial charge in [-0.05, 0) is 36.8 Å². The largest absolute Gasteiger partial charge is 0.465 e. The van der Waals surface area contributed by atoms with E-state index in [1.165, 1.54) is 19.2 Å². The Kier molecular flexibility index (Phi) is 7.45. The van der Waals surface area contributed by atoms with Gasteiger partial charge < -0.3 is 14.8 Å². The lowest BCUT2D eigenvalue weighted by Crippen LogP contribution is -2.22. The van der Waals surface area contributed by atoms with Crippen LogP contribution in [0.4, 0.5) is 5.69 Å². The second-order valence-electron chi connectivity index (χ2n) is 5.78. The first kappa shape index (κ1) is 21.3. The predicted molar refractivity (Wildman–Crippen MR) is 105 cm³/mol. The molecule has 2 rings (SSSR count). The SMILES string of the molecule is CC[S@](=O)c1ccccc1C(=O)OCC(=O)Nc1cc(C(=O)OC)ccc1C. The summed E-state index contributed by atoms with van der Waals surface area (Å²) in [6, 6.07) is 11.2. The zero-order valence-electron chi connectivity index (χ0n) is 15.8. The van der Waals surface area contributed by atoms with Crippen molar-refractivity contribution in [2.45, 2.75) is 18.7 Å². The molecule has 0 aliphatic rings. The van der Waals surface area contributed by atoms with E-state index in [4.69, 9.17) is 4.74 Å². The summed E-state index contributed by atoms with van der Waals surface area (Å²) in [5.41, 5.74) is 1.60. The van der Waals surface area contributed by atoms with Gasteiger partial charge in [-0.3, -0.25) is 9.00 Å². The van der Waals surface area contributed by atoms with Gasteiger partial charge in [-0.1, -0.05) is 25.1 Å². The quantitative estimate of drug-likeness (QED) is 0.714. The van der Waals surface area contributed by atoms with Crippen molar-refractivity contribution >= 4 is 34.3 Å². The molecular formula is C20H21NO6S. The first-order chi connectivity index (χ1) is 13.4. The minimum absolute atomic E-state index is 0.166. The number of carbonyl (C=O) groups is 3. The average Bonchev–Trinajstić information content (AvgIpc) is 2.72. The van der Waals surface area contributed by atoms with Crippen LogP contribution in [0.5, 0.6) is 0 Å². The van der Waals surface area contributed by atoms with Crippen molar-refractivity contribution in [1.82, 2.24) is 0 Å². The van der Waals surface area contributed by atoms with E-state index in [-0.39, 0.29) is 11.1 Å². The lowest BCUT2D eigenvalue weighted by Gasteiger charge is -2.11. The summed E-state index contributed by atoms with van der Waals surface area (Å²) in [7, 11) is -0.0576. The second kappa shape index (κ2) is 9.80. The Hall–Kier alpha value is -3.00. The van der Waals surface area contributed by atoms with E-state index in [1.807, 2.05) is 0 Å². The van der Waals surface area contributed by atoms with Crippen molar-refractivity contribution in [3.8, 4) is 0 Å². The number of ether oxygens (including phenoxy) is 2. The maximum absolute atomic E-state index is 12.3. The number of hydrogen-bond donors (Lipinski definition) is 1. The van der Waals surface area contributed by atoms with Gasteiger partial charge in [0.2, 0.25) is 0 Å². The van der Waals surface area contributed by atoms with E-state index in [9.17, 15) is 18.6 Å². The number of carbonyl (C=O) groups excluding carboxylic acids is 3. The van der Waals surface area contributed by atoms with Gasteiger partial charge in [0, 0.05) is 11.4 Å². The molecule has 1 amide bonds. The van der Waals surface area contributed by atoms with Crippen molar-refractivity contribution in [3.63, 3.8) is 0 Å². The van der Waals surface area contributed by atoms with E-state index < -0.39 is 35.3 Å². The molecule has 28 heavy (non-hydrogen) atoms. The Balaban J connectivity index is 2.05. The van der Waals surface area contributed by atoms with Gasteiger partial charge in [0.05, 0.1) is 33.9 Å². The van der Waals surface area contributed by atoms with Crippen LogP contribution < -0.4 is 5.32 Å². The van der Waals surface area contributed by atoms with Crippen LogP contribution >= 0.6 is 0 Å². The number of benzene rings is 2. The molecule has 0 unspecified atom stereocenters. The van der Waals surface area contributed by atoms with Crippen LogP contribution in [0.2, 0.25) is 0 Å². The fourth-order valence-corrected chi connectivity index (χ4v) is 3.32. The van der Waals surface area contributed by atoms with Gasteiger partial charge in [0.25, 0.3) is 5.91 Å². The molecule has 0 aromatic heterocycles. The predicted octanol–water partition coefficient (Wildman–Crippen LogP) is 2.70. The maximum atomic E-state index is 12.3. The molecule has 0 radical (unpaired) electrons. The van der Waals surface area contributed by atoms with Gasteiger partial charge in [0.15, 0.2) is 6.61 Å². The van der Waals surface area contributed by atoms with E-state index in [0.717, 1.165) is 5.56 Å².